The molecule has 0 saturated carbocycles. The van der Waals surface area contributed by atoms with Crippen LogP contribution in [0.15, 0.2) is 36.4 Å². The van der Waals surface area contributed by atoms with E-state index in [9.17, 15) is 27.2 Å². The first kappa shape index (κ1) is 20.5. The summed E-state index contributed by atoms with van der Waals surface area (Å²) in [5.74, 6) is -0.131. The predicted molar refractivity (Wildman–Crippen MR) is 97.7 cm³/mol. The molecule has 1 heterocycles. The largest absolute Gasteiger partial charge is 0.493 e. The number of nitrogens with zero attached hydrogens (tertiary/aromatic N) is 2. The Labute approximate surface area is 165 Å². The maximum atomic E-state index is 12.9. The second-order valence-corrected chi connectivity index (χ2v) is 6.69. The van der Waals surface area contributed by atoms with E-state index in [1.54, 1.807) is 0 Å². The van der Waals surface area contributed by atoms with Gasteiger partial charge in [-0.1, -0.05) is 6.07 Å². The monoisotopic (exact) mass is 426 g/mol. The normalized spacial score (nSPS) is 12.3. The Morgan fingerprint density at radius 3 is 2.55 bits per heavy atom. The summed E-state index contributed by atoms with van der Waals surface area (Å²) >= 11 is 1.07. The van der Waals surface area contributed by atoms with Crippen molar-refractivity contribution in [2.45, 2.75) is 12.8 Å². The highest BCUT2D eigenvalue weighted by Gasteiger charge is 2.30. The zero-order valence-electron chi connectivity index (χ0n) is 14.6. The number of hydrogen-bond acceptors (Lipinski definition) is 5. The molecule has 0 aliphatic heterocycles. The number of methoxy groups -OCH3 is 1. The summed E-state index contributed by atoms with van der Waals surface area (Å²) in [5.41, 5.74) is -0.164. The SMILES string of the molecule is COc1cc(/C=C(\C#N)c2nc3cc(C(F)(F)F)ccc3s2)ccc1OC(F)F. The third kappa shape index (κ3) is 4.63. The molecule has 0 unspecified atom stereocenters. The summed E-state index contributed by atoms with van der Waals surface area (Å²) < 4.78 is 73.3. The van der Waals surface area contributed by atoms with Crippen molar-refractivity contribution in [3.05, 3.63) is 52.5 Å². The van der Waals surface area contributed by atoms with Crippen LogP contribution < -0.4 is 9.47 Å². The molecule has 0 N–H and O–H groups in total. The highest BCUT2D eigenvalue weighted by molar-refractivity contribution is 7.19. The number of allylic oxidation sites excluding steroid dienone is 1. The van der Waals surface area contributed by atoms with Crippen molar-refractivity contribution in [1.82, 2.24) is 4.98 Å². The van der Waals surface area contributed by atoms with Gasteiger partial charge in [-0.05, 0) is 42.0 Å². The summed E-state index contributed by atoms with van der Waals surface area (Å²) in [6.45, 7) is -3.02. The van der Waals surface area contributed by atoms with Crippen LogP contribution in [0.5, 0.6) is 11.5 Å². The van der Waals surface area contributed by atoms with E-state index in [0.29, 0.717) is 10.3 Å². The first-order valence-electron chi connectivity index (χ1n) is 7.94. The summed E-state index contributed by atoms with van der Waals surface area (Å²) in [7, 11) is 1.28. The smallest absolute Gasteiger partial charge is 0.416 e. The van der Waals surface area contributed by atoms with Crippen LogP contribution in [0.4, 0.5) is 22.0 Å². The van der Waals surface area contributed by atoms with E-state index in [1.165, 1.54) is 37.5 Å². The average Bonchev–Trinajstić information content (AvgIpc) is 3.09. The molecule has 2 aromatic carbocycles. The van der Waals surface area contributed by atoms with Gasteiger partial charge in [-0.25, -0.2) is 4.98 Å². The molecule has 0 radical (unpaired) electrons. The summed E-state index contributed by atoms with van der Waals surface area (Å²) in [6, 6.07) is 9.22. The van der Waals surface area contributed by atoms with Crippen LogP contribution in [-0.2, 0) is 6.18 Å². The molecule has 3 rings (SSSR count). The Kier molecular flexibility index (Phi) is 5.70. The van der Waals surface area contributed by atoms with Crippen molar-refractivity contribution in [3.63, 3.8) is 0 Å². The number of aromatic nitrogens is 1. The van der Waals surface area contributed by atoms with Gasteiger partial charge in [0.1, 0.15) is 11.1 Å². The zero-order chi connectivity index (χ0) is 21.2. The molecule has 0 saturated heterocycles. The maximum absolute atomic E-state index is 12.9. The highest BCUT2D eigenvalue weighted by atomic mass is 32.1. The van der Waals surface area contributed by atoms with E-state index in [4.69, 9.17) is 4.74 Å². The molecule has 10 heteroatoms. The number of ether oxygens (including phenoxy) is 2. The fraction of sp³-hybridized carbons (Fsp3) is 0.158. The molecule has 0 atom stereocenters. The fourth-order valence-electron chi connectivity index (χ4n) is 2.49. The van der Waals surface area contributed by atoms with Crippen LogP contribution in [0.3, 0.4) is 0 Å². The molecule has 150 valence electrons. The van der Waals surface area contributed by atoms with Gasteiger partial charge in [-0.3, -0.25) is 0 Å². The Balaban J connectivity index is 1.99. The minimum Gasteiger partial charge on any atom is -0.493 e. The van der Waals surface area contributed by atoms with E-state index in [0.717, 1.165) is 23.5 Å². The van der Waals surface area contributed by atoms with Gasteiger partial charge in [0.05, 0.1) is 28.5 Å². The molecule has 0 aliphatic carbocycles. The fourth-order valence-corrected chi connectivity index (χ4v) is 3.41. The Bertz CT molecular complexity index is 1120. The standard InChI is InChI=1S/C19H11F5N2O2S/c1-27-15-7-10(2-4-14(15)28-18(20)21)6-11(9-25)17-26-13-8-12(19(22,23)24)3-5-16(13)29-17/h2-8,18H,1H3/b11-6+. The molecule has 0 fully saturated rings. The van der Waals surface area contributed by atoms with Crippen molar-refractivity contribution < 1.29 is 31.4 Å². The number of halogens is 5. The molecule has 0 spiro atoms. The number of rotatable bonds is 5. The van der Waals surface area contributed by atoms with Gasteiger partial charge < -0.3 is 9.47 Å². The van der Waals surface area contributed by atoms with Crippen LogP contribution in [0.25, 0.3) is 21.9 Å². The molecule has 3 aromatic rings. The third-order valence-electron chi connectivity index (χ3n) is 3.78. The number of benzene rings is 2. The van der Waals surface area contributed by atoms with Crippen molar-refractivity contribution in [2.24, 2.45) is 0 Å². The number of hydrogen-bond donors (Lipinski definition) is 0. The average molecular weight is 426 g/mol. The van der Waals surface area contributed by atoms with E-state index in [2.05, 4.69) is 9.72 Å². The second-order valence-electron chi connectivity index (χ2n) is 5.66. The first-order chi connectivity index (χ1) is 13.7. The molecule has 0 bridgehead atoms. The first-order valence-corrected chi connectivity index (χ1v) is 8.75. The third-order valence-corrected chi connectivity index (χ3v) is 4.85. The van der Waals surface area contributed by atoms with E-state index in [-0.39, 0.29) is 27.6 Å². The van der Waals surface area contributed by atoms with Crippen molar-refractivity contribution >= 4 is 33.2 Å². The van der Waals surface area contributed by atoms with Gasteiger partial charge in [0.25, 0.3) is 0 Å². The molecular formula is C19H11F5N2O2S. The highest BCUT2D eigenvalue weighted by Crippen LogP contribution is 2.35. The number of alkyl halides is 5. The molecule has 1 aromatic heterocycles. The second kappa shape index (κ2) is 8.05. The minimum absolute atomic E-state index is 0.0375. The summed E-state index contributed by atoms with van der Waals surface area (Å²) in [4.78, 5) is 4.13. The Morgan fingerprint density at radius 2 is 1.93 bits per heavy atom. The van der Waals surface area contributed by atoms with E-state index < -0.39 is 18.4 Å². The molecule has 0 amide bonds. The van der Waals surface area contributed by atoms with Gasteiger partial charge in [-0.15, -0.1) is 11.3 Å². The lowest BCUT2D eigenvalue weighted by atomic mass is 10.1. The van der Waals surface area contributed by atoms with Gasteiger partial charge in [0.2, 0.25) is 0 Å². The number of thiazole rings is 1. The van der Waals surface area contributed by atoms with Crippen LogP contribution in [0.1, 0.15) is 16.1 Å². The zero-order valence-corrected chi connectivity index (χ0v) is 15.4. The van der Waals surface area contributed by atoms with Crippen molar-refractivity contribution in [3.8, 4) is 17.6 Å². The summed E-state index contributed by atoms with van der Waals surface area (Å²) in [5, 5.41) is 9.69. The topological polar surface area (TPSA) is 55.1 Å². The number of fused-ring (bicyclic) bond motifs is 1. The quantitative estimate of drug-likeness (QED) is 0.372. The minimum atomic E-state index is -4.50. The molecule has 29 heavy (non-hydrogen) atoms. The van der Waals surface area contributed by atoms with Crippen LogP contribution in [0, 0.1) is 11.3 Å². The lowest BCUT2D eigenvalue weighted by Gasteiger charge is -2.10. The van der Waals surface area contributed by atoms with Gasteiger partial charge >= 0.3 is 12.8 Å². The molecule has 0 aliphatic rings. The lowest BCUT2D eigenvalue weighted by molar-refractivity contribution is -0.137. The molecule has 4 nitrogen and oxygen atoms in total. The van der Waals surface area contributed by atoms with Crippen molar-refractivity contribution in [2.75, 3.05) is 7.11 Å². The Morgan fingerprint density at radius 1 is 1.17 bits per heavy atom. The van der Waals surface area contributed by atoms with Gasteiger partial charge in [0.15, 0.2) is 11.5 Å². The van der Waals surface area contributed by atoms with Crippen molar-refractivity contribution in [1.29, 1.82) is 5.26 Å². The van der Waals surface area contributed by atoms with Crippen LogP contribution in [0.2, 0.25) is 0 Å². The van der Waals surface area contributed by atoms with E-state index >= 15 is 0 Å². The maximum Gasteiger partial charge on any atom is 0.416 e. The van der Waals surface area contributed by atoms with Crippen LogP contribution in [-0.4, -0.2) is 18.7 Å². The summed E-state index contributed by atoms with van der Waals surface area (Å²) in [6.07, 6.45) is -3.07. The molecular weight excluding hydrogens is 415 g/mol. The van der Waals surface area contributed by atoms with E-state index in [1.807, 2.05) is 6.07 Å². The van der Waals surface area contributed by atoms with Gasteiger partial charge in [0, 0.05) is 0 Å². The predicted octanol–water partition coefficient (Wildman–Crippen LogP) is 5.99. The lowest BCUT2D eigenvalue weighted by Crippen LogP contribution is -2.03. The van der Waals surface area contributed by atoms with Gasteiger partial charge in [-0.2, -0.15) is 27.2 Å². The Hall–Kier alpha value is -3.19. The number of nitriles is 1. The van der Waals surface area contributed by atoms with Crippen LogP contribution >= 0.6 is 11.3 Å².